The highest BCUT2D eigenvalue weighted by molar-refractivity contribution is 7.89. The van der Waals surface area contributed by atoms with Crippen molar-refractivity contribution >= 4 is 21.4 Å². The molecule has 0 N–H and O–H groups in total. The third-order valence-electron chi connectivity index (χ3n) is 5.31. The first-order valence-electron chi connectivity index (χ1n) is 9.07. The second kappa shape index (κ2) is 6.94. The number of anilines is 1. The molecule has 0 radical (unpaired) electrons. The molecular weight excluding hydrogens is 366 g/mol. The molecule has 1 saturated heterocycles. The fourth-order valence-electron chi connectivity index (χ4n) is 3.85. The van der Waals surface area contributed by atoms with Gasteiger partial charge in [0.15, 0.2) is 0 Å². The Bertz CT molecular complexity index is 984. The molecule has 2 aromatic rings. The molecule has 1 fully saturated rings. The Hall–Kier alpha value is -2.45. The SMILES string of the molecule is O=[N+]([O-])c1ccc(N2CCc3ccccc3C2)c(S(=O)(=O)N2CCCC2)c1. The maximum absolute atomic E-state index is 13.2. The first kappa shape index (κ1) is 17.9. The van der Waals surface area contributed by atoms with E-state index in [9.17, 15) is 18.5 Å². The summed E-state index contributed by atoms with van der Waals surface area (Å²) in [5, 5.41) is 11.2. The molecule has 2 aliphatic heterocycles. The third-order valence-corrected chi connectivity index (χ3v) is 7.24. The quantitative estimate of drug-likeness (QED) is 0.595. The normalized spacial score (nSPS) is 17.7. The lowest BCUT2D eigenvalue weighted by atomic mass is 9.99. The van der Waals surface area contributed by atoms with Crippen LogP contribution in [0.25, 0.3) is 0 Å². The number of benzene rings is 2. The fourth-order valence-corrected chi connectivity index (χ4v) is 5.60. The zero-order chi connectivity index (χ0) is 19.0. The predicted octanol–water partition coefficient (Wildman–Crippen LogP) is 2.94. The smallest absolute Gasteiger partial charge is 0.270 e. The second-order valence-corrected chi connectivity index (χ2v) is 8.87. The Morgan fingerprint density at radius 1 is 0.963 bits per heavy atom. The predicted molar refractivity (Wildman–Crippen MR) is 102 cm³/mol. The summed E-state index contributed by atoms with van der Waals surface area (Å²) >= 11 is 0. The topological polar surface area (TPSA) is 83.8 Å². The molecule has 0 unspecified atom stereocenters. The van der Waals surface area contributed by atoms with Gasteiger partial charge in [-0.3, -0.25) is 10.1 Å². The Labute approximate surface area is 158 Å². The molecule has 0 aliphatic carbocycles. The summed E-state index contributed by atoms with van der Waals surface area (Å²) in [4.78, 5) is 12.7. The van der Waals surface area contributed by atoms with Gasteiger partial charge < -0.3 is 4.90 Å². The van der Waals surface area contributed by atoms with Crippen LogP contribution in [0.2, 0.25) is 0 Å². The van der Waals surface area contributed by atoms with Gasteiger partial charge in [-0.1, -0.05) is 24.3 Å². The third kappa shape index (κ3) is 3.30. The molecule has 0 saturated carbocycles. The van der Waals surface area contributed by atoms with E-state index < -0.39 is 14.9 Å². The molecule has 142 valence electrons. The van der Waals surface area contributed by atoms with Crippen LogP contribution in [0.15, 0.2) is 47.4 Å². The van der Waals surface area contributed by atoms with Crippen LogP contribution >= 0.6 is 0 Å². The van der Waals surface area contributed by atoms with E-state index in [1.54, 1.807) is 6.07 Å². The summed E-state index contributed by atoms with van der Waals surface area (Å²) in [7, 11) is -3.76. The zero-order valence-electron chi connectivity index (χ0n) is 14.9. The van der Waals surface area contributed by atoms with E-state index in [4.69, 9.17) is 0 Å². The van der Waals surface area contributed by atoms with Crippen LogP contribution < -0.4 is 4.90 Å². The van der Waals surface area contributed by atoms with Gasteiger partial charge in [0, 0.05) is 38.3 Å². The number of hydrogen-bond acceptors (Lipinski definition) is 5. The molecule has 0 aromatic heterocycles. The first-order valence-corrected chi connectivity index (χ1v) is 10.5. The second-order valence-electron chi connectivity index (χ2n) is 6.96. The van der Waals surface area contributed by atoms with E-state index in [0.717, 1.165) is 24.8 Å². The number of nitro benzene ring substituents is 1. The van der Waals surface area contributed by atoms with Gasteiger partial charge in [0.05, 0.1) is 10.6 Å². The molecule has 27 heavy (non-hydrogen) atoms. The first-order chi connectivity index (χ1) is 13.0. The maximum atomic E-state index is 13.2. The highest BCUT2D eigenvalue weighted by atomic mass is 32.2. The lowest BCUT2D eigenvalue weighted by Crippen LogP contribution is -2.34. The number of nitrogens with zero attached hydrogens (tertiary/aromatic N) is 3. The van der Waals surface area contributed by atoms with Gasteiger partial charge in [-0.05, 0) is 36.5 Å². The largest absolute Gasteiger partial charge is 0.366 e. The van der Waals surface area contributed by atoms with Crippen molar-refractivity contribution in [3.05, 3.63) is 63.7 Å². The van der Waals surface area contributed by atoms with Gasteiger partial charge in [-0.15, -0.1) is 0 Å². The van der Waals surface area contributed by atoms with Crippen LogP contribution in [-0.4, -0.2) is 37.3 Å². The van der Waals surface area contributed by atoms with Gasteiger partial charge >= 0.3 is 0 Å². The van der Waals surface area contributed by atoms with E-state index in [1.165, 1.54) is 22.0 Å². The standard InChI is InChI=1S/C19H21N3O4S/c23-22(24)17-7-8-18(19(13-17)27(25,26)21-10-3-4-11-21)20-12-9-15-5-1-2-6-16(15)14-20/h1-2,5-8,13H,3-4,9-12,14H2. The van der Waals surface area contributed by atoms with E-state index in [0.29, 0.717) is 31.9 Å². The molecule has 0 amide bonds. The van der Waals surface area contributed by atoms with Crippen LogP contribution in [0.5, 0.6) is 0 Å². The summed E-state index contributed by atoms with van der Waals surface area (Å²) in [5.74, 6) is 0. The van der Waals surface area contributed by atoms with E-state index in [2.05, 4.69) is 6.07 Å². The molecule has 0 bridgehead atoms. The van der Waals surface area contributed by atoms with Crippen LogP contribution in [0.3, 0.4) is 0 Å². The van der Waals surface area contributed by atoms with Gasteiger partial charge in [-0.25, -0.2) is 8.42 Å². The van der Waals surface area contributed by atoms with Crippen molar-refractivity contribution in [2.45, 2.75) is 30.7 Å². The summed E-state index contributed by atoms with van der Waals surface area (Å²) in [6.45, 7) is 2.20. The molecule has 7 nitrogen and oxygen atoms in total. The van der Waals surface area contributed by atoms with E-state index in [1.807, 2.05) is 23.1 Å². The Balaban J connectivity index is 1.78. The molecule has 8 heteroatoms. The van der Waals surface area contributed by atoms with Crippen LogP contribution in [0.4, 0.5) is 11.4 Å². The van der Waals surface area contributed by atoms with Crippen LogP contribution in [0.1, 0.15) is 24.0 Å². The van der Waals surface area contributed by atoms with Crippen molar-refractivity contribution in [2.75, 3.05) is 24.5 Å². The van der Waals surface area contributed by atoms with Crippen molar-refractivity contribution in [3.63, 3.8) is 0 Å². The number of hydrogen-bond donors (Lipinski definition) is 0. The monoisotopic (exact) mass is 387 g/mol. The fraction of sp³-hybridized carbons (Fsp3) is 0.368. The van der Waals surface area contributed by atoms with Gasteiger partial charge in [-0.2, -0.15) is 4.31 Å². The summed E-state index contributed by atoms with van der Waals surface area (Å²) in [5.41, 5.74) is 2.77. The van der Waals surface area contributed by atoms with Crippen LogP contribution in [0, 0.1) is 10.1 Å². The number of rotatable bonds is 4. The number of fused-ring (bicyclic) bond motifs is 1. The minimum atomic E-state index is -3.76. The summed E-state index contributed by atoms with van der Waals surface area (Å²) in [6, 6.07) is 12.3. The molecular formula is C19H21N3O4S. The zero-order valence-corrected chi connectivity index (χ0v) is 15.7. The number of sulfonamides is 1. The minimum Gasteiger partial charge on any atom is -0.366 e. The molecule has 2 heterocycles. The van der Waals surface area contributed by atoms with Crippen molar-refractivity contribution in [1.29, 1.82) is 0 Å². The summed E-state index contributed by atoms with van der Waals surface area (Å²) in [6.07, 6.45) is 2.46. The average Bonchev–Trinajstić information content (AvgIpc) is 3.23. The maximum Gasteiger partial charge on any atom is 0.270 e. The number of nitro groups is 1. The van der Waals surface area contributed by atoms with Crippen LogP contribution in [-0.2, 0) is 23.0 Å². The van der Waals surface area contributed by atoms with Crippen molar-refractivity contribution < 1.29 is 13.3 Å². The van der Waals surface area contributed by atoms with Gasteiger partial charge in [0.25, 0.3) is 5.69 Å². The molecule has 4 rings (SSSR count). The number of non-ortho nitro benzene ring substituents is 1. The van der Waals surface area contributed by atoms with Crippen molar-refractivity contribution in [2.24, 2.45) is 0 Å². The molecule has 2 aromatic carbocycles. The lowest BCUT2D eigenvalue weighted by Gasteiger charge is -2.32. The summed E-state index contributed by atoms with van der Waals surface area (Å²) < 4.78 is 27.8. The van der Waals surface area contributed by atoms with Crippen molar-refractivity contribution in [3.8, 4) is 0 Å². The molecule has 2 aliphatic rings. The van der Waals surface area contributed by atoms with E-state index in [-0.39, 0.29) is 10.6 Å². The Kier molecular flexibility index (Phi) is 4.61. The average molecular weight is 387 g/mol. The Morgan fingerprint density at radius 3 is 2.37 bits per heavy atom. The minimum absolute atomic E-state index is 0.0398. The lowest BCUT2D eigenvalue weighted by molar-refractivity contribution is -0.385. The van der Waals surface area contributed by atoms with E-state index >= 15 is 0 Å². The molecule has 0 atom stereocenters. The van der Waals surface area contributed by atoms with Gasteiger partial charge in [0.2, 0.25) is 10.0 Å². The molecule has 0 spiro atoms. The highest BCUT2D eigenvalue weighted by Gasteiger charge is 2.33. The van der Waals surface area contributed by atoms with Crippen molar-refractivity contribution in [1.82, 2.24) is 4.31 Å². The van der Waals surface area contributed by atoms with Gasteiger partial charge in [0.1, 0.15) is 4.90 Å². The highest BCUT2D eigenvalue weighted by Crippen LogP contribution is 2.35. The Morgan fingerprint density at radius 2 is 1.67 bits per heavy atom.